The molecule has 0 aliphatic rings. The molecule has 0 saturated carbocycles. The lowest BCUT2D eigenvalue weighted by Gasteiger charge is -2.02. The first-order valence-corrected chi connectivity index (χ1v) is 7.59. The van der Waals surface area contributed by atoms with Gasteiger partial charge in [-0.25, -0.2) is 4.98 Å². The largest absolute Gasteiger partial charge is 0.360 e. The van der Waals surface area contributed by atoms with Crippen molar-refractivity contribution in [1.82, 2.24) is 15.5 Å². The highest BCUT2D eigenvalue weighted by molar-refractivity contribution is 7.09. The van der Waals surface area contributed by atoms with Crippen LogP contribution < -0.4 is 5.32 Å². The van der Waals surface area contributed by atoms with Crippen LogP contribution in [0.25, 0.3) is 0 Å². The van der Waals surface area contributed by atoms with Gasteiger partial charge in [-0.1, -0.05) is 19.0 Å². The Morgan fingerprint density at radius 3 is 2.90 bits per heavy atom. The van der Waals surface area contributed by atoms with Gasteiger partial charge in [-0.15, -0.1) is 11.3 Å². The van der Waals surface area contributed by atoms with Gasteiger partial charge in [0.05, 0.1) is 11.2 Å². The Balaban J connectivity index is 1.76. The van der Waals surface area contributed by atoms with Crippen molar-refractivity contribution in [3.05, 3.63) is 33.6 Å². The first-order chi connectivity index (χ1) is 9.58. The number of hydrogen-bond acceptors (Lipinski definition) is 5. The van der Waals surface area contributed by atoms with E-state index in [0.29, 0.717) is 12.2 Å². The molecule has 0 radical (unpaired) electrons. The van der Waals surface area contributed by atoms with E-state index < -0.39 is 0 Å². The van der Waals surface area contributed by atoms with Crippen molar-refractivity contribution in [2.24, 2.45) is 0 Å². The number of nitrogens with one attached hydrogen (secondary N) is 1. The van der Waals surface area contributed by atoms with E-state index in [9.17, 15) is 4.79 Å². The van der Waals surface area contributed by atoms with Crippen LogP contribution in [0.1, 0.15) is 53.0 Å². The predicted octanol–water partition coefficient (Wildman–Crippen LogP) is 2.93. The molecule has 1 N–H and O–H groups in total. The van der Waals surface area contributed by atoms with Crippen LogP contribution in [0, 0.1) is 6.92 Å². The third-order valence-electron chi connectivity index (χ3n) is 3.04. The highest BCUT2D eigenvalue weighted by Gasteiger charge is 2.13. The summed E-state index contributed by atoms with van der Waals surface area (Å²) in [6.45, 7) is 6.63. The van der Waals surface area contributed by atoms with E-state index in [4.69, 9.17) is 4.52 Å². The quantitative estimate of drug-likeness (QED) is 0.831. The maximum Gasteiger partial charge on any atom is 0.273 e. The zero-order chi connectivity index (χ0) is 14.5. The monoisotopic (exact) mass is 293 g/mol. The van der Waals surface area contributed by atoms with E-state index in [1.54, 1.807) is 17.4 Å². The summed E-state index contributed by atoms with van der Waals surface area (Å²) in [7, 11) is 0. The highest BCUT2D eigenvalue weighted by Crippen LogP contribution is 2.15. The van der Waals surface area contributed by atoms with Crippen LogP contribution in [-0.4, -0.2) is 22.6 Å². The summed E-state index contributed by atoms with van der Waals surface area (Å²) in [4.78, 5) is 17.4. The summed E-state index contributed by atoms with van der Waals surface area (Å²) >= 11 is 1.66. The Labute approximate surface area is 122 Å². The average molecular weight is 293 g/mol. The number of carbonyl (C=O) groups excluding carboxylic acids is 1. The molecule has 0 saturated heterocycles. The number of aryl methyl sites for hydroxylation is 2. The third-order valence-corrected chi connectivity index (χ3v) is 4.04. The van der Waals surface area contributed by atoms with E-state index in [2.05, 4.69) is 15.5 Å². The fraction of sp³-hybridized carbons (Fsp3) is 0.500. The average Bonchev–Trinajstić information content (AvgIpc) is 3.03. The molecule has 0 aromatic carbocycles. The van der Waals surface area contributed by atoms with Gasteiger partial charge >= 0.3 is 0 Å². The van der Waals surface area contributed by atoms with E-state index in [-0.39, 0.29) is 11.8 Å². The van der Waals surface area contributed by atoms with Gasteiger partial charge in [0.2, 0.25) is 0 Å². The van der Waals surface area contributed by atoms with E-state index >= 15 is 0 Å². The lowest BCUT2D eigenvalue weighted by molar-refractivity contribution is 0.0944. The molecular weight excluding hydrogens is 274 g/mol. The van der Waals surface area contributed by atoms with Gasteiger partial charge in [-0.05, 0) is 19.8 Å². The number of aromatic nitrogens is 2. The first-order valence-electron chi connectivity index (χ1n) is 6.71. The summed E-state index contributed by atoms with van der Waals surface area (Å²) in [5, 5.41) is 6.64. The summed E-state index contributed by atoms with van der Waals surface area (Å²) in [5.41, 5.74) is 3.29. The second kappa shape index (κ2) is 6.65. The number of rotatable bonds is 6. The van der Waals surface area contributed by atoms with E-state index in [0.717, 1.165) is 24.3 Å². The lowest BCUT2D eigenvalue weighted by Crippen LogP contribution is -2.25. The van der Waals surface area contributed by atoms with Crippen LogP contribution in [0.3, 0.4) is 0 Å². The van der Waals surface area contributed by atoms with E-state index in [1.807, 2.05) is 26.3 Å². The Kier molecular flexibility index (Phi) is 4.89. The molecule has 2 heterocycles. The molecule has 108 valence electrons. The van der Waals surface area contributed by atoms with Gasteiger partial charge < -0.3 is 9.84 Å². The lowest BCUT2D eigenvalue weighted by atomic mass is 10.1. The molecule has 0 spiro atoms. The molecule has 5 nitrogen and oxygen atoms in total. The van der Waals surface area contributed by atoms with Gasteiger partial charge in [0.15, 0.2) is 5.69 Å². The van der Waals surface area contributed by atoms with Crippen molar-refractivity contribution < 1.29 is 9.32 Å². The molecule has 0 unspecified atom stereocenters. The fourth-order valence-corrected chi connectivity index (χ4v) is 2.60. The number of hydrogen-bond donors (Lipinski definition) is 1. The smallest absolute Gasteiger partial charge is 0.273 e. The molecule has 0 aliphatic heterocycles. The first kappa shape index (κ1) is 14.7. The fourth-order valence-electron chi connectivity index (χ4n) is 1.78. The van der Waals surface area contributed by atoms with Crippen molar-refractivity contribution in [3.63, 3.8) is 0 Å². The van der Waals surface area contributed by atoms with Crippen molar-refractivity contribution >= 4 is 17.2 Å². The van der Waals surface area contributed by atoms with Crippen molar-refractivity contribution in [3.8, 4) is 0 Å². The second-order valence-electron chi connectivity index (χ2n) is 4.99. The minimum atomic E-state index is -0.179. The molecule has 0 fully saturated rings. The molecule has 0 aliphatic carbocycles. The van der Waals surface area contributed by atoms with E-state index in [1.165, 1.54) is 4.88 Å². The molecule has 2 aromatic heterocycles. The third kappa shape index (κ3) is 3.66. The summed E-state index contributed by atoms with van der Waals surface area (Å²) in [6, 6.07) is 1.70. The normalized spacial score (nSPS) is 11.0. The Bertz CT molecular complexity index is 574. The summed E-state index contributed by atoms with van der Waals surface area (Å²) in [6.07, 6.45) is 1.83. The SMILES string of the molecule is Cc1ncsc1CCCNC(=O)c1cc(C(C)C)on1. The number of amides is 1. The molecule has 6 heteroatoms. The standard InChI is InChI=1S/C14H19N3O2S/c1-9(2)12-7-11(17-19-12)14(18)15-6-4-5-13-10(3)16-8-20-13/h7-9H,4-6H2,1-3H3,(H,15,18). The number of nitrogens with zero attached hydrogens (tertiary/aromatic N) is 2. The zero-order valence-corrected chi connectivity index (χ0v) is 12.8. The molecule has 0 atom stereocenters. The second-order valence-corrected chi connectivity index (χ2v) is 5.93. The minimum Gasteiger partial charge on any atom is -0.360 e. The van der Waals surface area contributed by atoms with Crippen LogP contribution in [-0.2, 0) is 6.42 Å². The van der Waals surface area contributed by atoms with Crippen LogP contribution in [0.4, 0.5) is 0 Å². The number of carbonyl (C=O) groups is 1. The molecule has 20 heavy (non-hydrogen) atoms. The molecule has 2 rings (SSSR count). The number of thiazole rings is 1. The minimum absolute atomic E-state index is 0.179. The molecule has 1 amide bonds. The van der Waals surface area contributed by atoms with Crippen LogP contribution in [0.2, 0.25) is 0 Å². The topological polar surface area (TPSA) is 68.0 Å². The van der Waals surface area contributed by atoms with Crippen LogP contribution in [0.5, 0.6) is 0 Å². The Hall–Kier alpha value is -1.69. The van der Waals surface area contributed by atoms with Gasteiger partial charge in [-0.2, -0.15) is 0 Å². The predicted molar refractivity (Wildman–Crippen MR) is 78.1 cm³/mol. The summed E-state index contributed by atoms with van der Waals surface area (Å²) < 4.78 is 5.11. The zero-order valence-electron chi connectivity index (χ0n) is 12.0. The maximum absolute atomic E-state index is 11.9. The highest BCUT2D eigenvalue weighted by atomic mass is 32.1. The van der Waals surface area contributed by atoms with Gasteiger partial charge in [0.25, 0.3) is 5.91 Å². The molecule has 0 bridgehead atoms. The maximum atomic E-state index is 11.9. The Morgan fingerprint density at radius 2 is 2.30 bits per heavy atom. The van der Waals surface area contributed by atoms with Crippen LogP contribution in [0.15, 0.2) is 16.1 Å². The van der Waals surface area contributed by atoms with Crippen molar-refractivity contribution in [2.75, 3.05) is 6.54 Å². The van der Waals surface area contributed by atoms with Crippen molar-refractivity contribution in [2.45, 2.75) is 39.5 Å². The van der Waals surface area contributed by atoms with Crippen molar-refractivity contribution in [1.29, 1.82) is 0 Å². The summed E-state index contributed by atoms with van der Waals surface area (Å²) in [5.74, 6) is 0.787. The van der Waals surface area contributed by atoms with Gasteiger partial charge in [-0.3, -0.25) is 4.79 Å². The Morgan fingerprint density at radius 1 is 1.50 bits per heavy atom. The molecule has 2 aromatic rings. The van der Waals surface area contributed by atoms with Gasteiger partial charge in [0, 0.05) is 23.4 Å². The van der Waals surface area contributed by atoms with Crippen LogP contribution >= 0.6 is 11.3 Å². The van der Waals surface area contributed by atoms with Gasteiger partial charge in [0.1, 0.15) is 5.76 Å². The molecular formula is C14H19N3O2S.